The van der Waals surface area contributed by atoms with Crippen LogP contribution in [0.3, 0.4) is 0 Å². The fraction of sp³-hybridized carbons (Fsp3) is 0.500. The van der Waals surface area contributed by atoms with Gasteiger partial charge in [0, 0.05) is 17.7 Å². The van der Waals surface area contributed by atoms with Gasteiger partial charge >= 0.3 is 5.97 Å². The van der Waals surface area contributed by atoms with Crippen LogP contribution in [0, 0.1) is 0 Å². The van der Waals surface area contributed by atoms with E-state index in [0.717, 1.165) is 48.3 Å². The van der Waals surface area contributed by atoms with Gasteiger partial charge in [-0.2, -0.15) is 0 Å². The molecule has 7 heteroatoms. The smallest absolute Gasteiger partial charge is 0.316 e. The van der Waals surface area contributed by atoms with E-state index in [4.69, 9.17) is 9.72 Å². The molecule has 1 aliphatic carbocycles. The molecule has 2 aromatic rings. The molecule has 0 spiro atoms. The highest BCUT2D eigenvalue weighted by atomic mass is 32.2. The summed E-state index contributed by atoms with van der Waals surface area (Å²) in [5.41, 5.74) is 1.93. The first kappa shape index (κ1) is 20.5. The quantitative estimate of drug-likeness (QED) is 0.379. The Morgan fingerprint density at radius 2 is 2.00 bits per heavy atom. The number of carbonyl (C=O) groups is 1. The largest absolute Gasteiger partial charge is 0.460 e. The number of fused-ring (bicyclic) bond motifs is 1. The fourth-order valence-corrected chi connectivity index (χ4v) is 5.96. The van der Waals surface area contributed by atoms with Gasteiger partial charge in [-0.3, -0.25) is 14.2 Å². The molecule has 1 fully saturated rings. The van der Waals surface area contributed by atoms with Crippen molar-refractivity contribution in [3.8, 4) is 0 Å². The Morgan fingerprint density at radius 3 is 2.76 bits per heavy atom. The Balaban J connectivity index is 1.50. The van der Waals surface area contributed by atoms with E-state index in [1.54, 1.807) is 11.8 Å². The Morgan fingerprint density at radius 1 is 1.24 bits per heavy atom. The van der Waals surface area contributed by atoms with E-state index in [-0.39, 0.29) is 29.9 Å². The highest BCUT2D eigenvalue weighted by Gasteiger charge is 2.29. The maximum Gasteiger partial charge on any atom is 0.316 e. The predicted octanol–water partition coefficient (Wildman–Crippen LogP) is 4.62. The highest BCUT2D eigenvalue weighted by molar-refractivity contribution is 8.00. The summed E-state index contributed by atoms with van der Waals surface area (Å²) in [4.78, 5) is 31.2. The summed E-state index contributed by atoms with van der Waals surface area (Å²) < 4.78 is 7.27. The minimum absolute atomic E-state index is 0.0800. The zero-order valence-electron chi connectivity index (χ0n) is 16.6. The van der Waals surface area contributed by atoms with Gasteiger partial charge in [0.15, 0.2) is 5.16 Å². The van der Waals surface area contributed by atoms with Crippen molar-refractivity contribution in [3.05, 3.63) is 51.9 Å². The molecular weight excluding hydrogens is 404 g/mol. The van der Waals surface area contributed by atoms with E-state index < -0.39 is 0 Å². The number of benzene rings is 1. The number of nitrogens with zero attached hydrogens (tertiary/aromatic N) is 2. The Labute approximate surface area is 179 Å². The summed E-state index contributed by atoms with van der Waals surface area (Å²) in [5, 5.41) is 1.05. The first-order valence-electron chi connectivity index (χ1n) is 10.3. The van der Waals surface area contributed by atoms with Crippen molar-refractivity contribution in [1.82, 2.24) is 9.55 Å². The van der Waals surface area contributed by atoms with Crippen LogP contribution in [0.4, 0.5) is 0 Å². The molecule has 1 aliphatic heterocycles. The maximum atomic E-state index is 13.3. The number of hydrogen-bond donors (Lipinski definition) is 0. The van der Waals surface area contributed by atoms with Crippen LogP contribution in [-0.4, -0.2) is 26.5 Å². The molecule has 1 unspecified atom stereocenters. The van der Waals surface area contributed by atoms with Crippen LogP contribution in [0.1, 0.15) is 56.3 Å². The summed E-state index contributed by atoms with van der Waals surface area (Å²) in [6.07, 6.45) is 6.33. The van der Waals surface area contributed by atoms with E-state index in [9.17, 15) is 9.59 Å². The van der Waals surface area contributed by atoms with Gasteiger partial charge in [-0.25, -0.2) is 4.98 Å². The van der Waals surface area contributed by atoms with Crippen molar-refractivity contribution in [1.29, 1.82) is 0 Å². The monoisotopic (exact) mass is 430 g/mol. The van der Waals surface area contributed by atoms with Gasteiger partial charge in [0.2, 0.25) is 0 Å². The molecule has 0 N–H and O–H groups in total. The van der Waals surface area contributed by atoms with Gasteiger partial charge in [-0.1, -0.05) is 68.3 Å². The summed E-state index contributed by atoms with van der Waals surface area (Å²) in [5.74, 6) is -0.125. The van der Waals surface area contributed by atoms with Crippen molar-refractivity contribution in [2.45, 2.75) is 73.4 Å². The van der Waals surface area contributed by atoms with E-state index in [2.05, 4.69) is 6.92 Å². The van der Waals surface area contributed by atoms with Crippen molar-refractivity contribution in [2.75, 3.05) is 5.75 Å². The lowest BCUT2D eigenvalue weighted by Gasteiger charge is -2.26. The zero-order valence-corrected chi connectivity index (χ0v) is 18.3. The Kier molecular flexibility index (Phi) is 6.65. The van der Waals surface area contributed by atoms with Gasteiger partial charge in [-0.05, 0) is 18.4 Å². The van der Waals surface area contributed by atoms with Gasteiger partial charge in [0.05, 0.1) is 16.3 Å². The minimum Gasteiger partial charge on any atom is -0.460 e. The second-order valence-electron chi connectivity index (χ2n) is 7.70. The number of aromatic nitrogens is 2. The topological polar surface area (TPSA) is 61.2 Å². The molecule has 1 atom stereocenters. The molecule has 5 nitrogen and oxygen atoms in total. The lowest BCUT2D eigenvalue weighted by Crippen LogP contribution is -2.30. The van der Waals surface area contributed by atoms with Gasteiger partial charge in [0.1, 0.15) is 6.61 Å². The number of thioether (sulfide) groups is 2. The zero-order chi connectivity index (χ0) is 20.2. The highest BCUT2D eigenvalue weighted by Crippen LogP contribution is 2.37. The van der Waals surface area contributed by atoms with Crippen molar-refractivity contribution in [2.24, 2.45) is 0 Å². The molecule has 1 aromatic carbocycles. The van der Waals surface area contributed by atoms with Crippen LogP contribution < -0.4 is 5.56 Å². The van der Waals surface area contributed by atoms with Crippen molar-refractivity contribution < 1.29 is 9.53 Å². The lowest BCUT2D eigenvalue weighted by atomic mass is 9.95. The fourth-order valence-electron chi connectivity index (χ4n) is 3.98. The van der Waals surface area contributed by atoms with E-state index >= 15 is 0 Å². The third-order valence-corrected chi connectivity index (χ3v) is 7.55. The molecule has 1 saturated carbocycles. The molecule has 0 saturated heterocycles. The lowest BCUT2D eigenvalue weighted by molar-refractivity contribution is -0.141. The normalized spacial score (nSPS) is 19.1. The SMILES string of the molecule is CC1Cc2nc(SCC(=O)OCc3ccccc3)n(C3CCCCC3)c(=O)c2S1. The average molecular weight is 431 g/mol. The molecule has 2 aliphatic rings. The van der Waals surface area contributed by atoms with Crippen LogP contribution in [0.25, 0.3) is 0 Å². The first-order chi connectivity index (χ1) is 14.1. The van der Waals surface area contributed by atoms with Crippen LogP contribution in [0.5, 0.6) is 0 Å². The summed E-state index contributed by atoms with van der Waals surface area (Å²) in [6.45, 7) is 2.39. The Bertz CT molecular complexity index is 924. The van der Waals surface area contributed by atoms with Crippen molar-refractivity contribution >= 4 is 29.5 Å². The Hall–Kier alpha value is -1.73. The van der Waals surface area contributed by atoms with Gasteiger partial charge in [0.25, 0.3) is 5.56 Å². The molecule has 1 aromatic heterocycles. The minimum atomic E-state index is -0.286. The summed E-state index contributed by atoms with van der Waals surface area (Å²) >= 11 is 2.97. The first-order valence-corrected chi connectivity index (χ1v) is 12.1. The van der Waals surface area contributed by atoms with Crippen molar-refractivity contribution in [3.63, 3.8) is 0 Å². The maximum absolute atomic E-state index is 13.3. The average Bonchev–Trinajstić information content (AvgIpc) is 3.13. The van der Waals surface area contributed by atoms with Gasteiger partial charge in [-0.15, -0.1) is 11.8 Å². The second kappa shape index (κ2) is 9.39. The second-order valence-corrected chi connectivity index (χ2v) is 10.1. The van der Waals surface area contributed by atoms with Crippen LogP contribution >= 0.6 is 23.5 Å². The molecule has 0 radical (unpaired) electrons. The molecule has 29 heavy (non-hydrogen) atoms. The number of rotatable bonds is 6. The van der Waals surface area contributed by atoms with E-state index in [0.29, 0.717) is 10.4 Å². The molecule has 2 heterocycles. The van der Waals surface area contributed by atoms with Crippen LogP contribution in [0.15, 0.2) is 45.2 Å². The number of carbonyl (C=O) groups excluding carboxylic acids is 1. The molecular formula is C22H26N2O3S2. The number of hydrogen-bond acceptors (Lipinski definition) is 6. The summed E-state index contributed by atoms with van der Waals surface area (Å²) in [6, 6.07) is 9.84. The van der Waals surface area contributed by atoms with E-state index in [1.807, 2.05) is 34.9 Å². The molecule has 154 valence electrons. The molecule has 4 rings (SSSR count). The summed E-state index contributed by atoms with van der Waals surface area (Å²) in [7, 11) is 0. The van der Waals surface area contributed by atoms with Crippen LogP contribution in [0.2, 0.25) is 0 Å². The number of esters is 1. The predicted molar refractivity (Wildman–Crippen MR) is 117 cm³/mol. The van der Waals surface area contributed by atoms with Gasteiger partial charge < -0.3 is 4.74 Å². The standard InChI is InChI=1S/C22H26N2O3S2/c1-15-12-18-20(29-15)21(26)24(17-10-6-3-7-11-17)22(23-18)28-14-19(25)27-13-16-8-4-2-5-9-16/h2,4-5,8-9,15,17H,3,6-7,10-14H2,1H3. The molecule has 0 bridgehead atoms. The third-order valence-electron chi connectivity index (χ3n) is 5.41. The third kappa shape index (κ3) is 4.89. The number of ether oxygens (including phenoxy) is 1. The molecule has 0 amide bonds. The van der Waals surface area contributed by atoms with E-state index in [1.165, 1.54) is 18.2 Å². The van der Waals surface area contributed by atoms with Crippen LogP contribution in [-0.2, 0) is 22.6 Å².